The van der Waals surface area contributed by atoms with Crippen LogP contribution in [-0.2, 0) is 22.6 Å². The number of benzene rings is 2. The molecule has 1 aromatic heterocycles. The number of nitrogens with zero attached hydrogens (tertiary/aromatic N) is 2. The van der Waals surface area contributed by atoms with Gasteiger partial charge in [0.1, 0.15) is 28.2 Å². The normalized spacial score (nSPS) is 16.8. The lowest BCUT2D eigenvalue weighted by molar-refractivity contribution is -0.117. The number of nitriles is 1. The molecule has 0 aliphatic carbocycles. The van der Waals surface area contributed by atoms with Gasteiger partial charge in [0.15, 0.2) is 0 Å². The molecule has 2 heterocycles. The molecular weight excluding hydrogens is 474 g/mol. The van der Waals surface area contributed by atoms with Gasteiger partial charge < -0.3 is 14.5 Å². The Morgan fingerprint density at radius 3 is 2.68 bits per heavy atom. The van der Waals surface area contributed by atoms with Crippen molar-refractivity contribution in [3.05, 3.63) is 93.9 Å². The van der Waals surface area contributed by atoms with E-state index in [1.807, 2.05) is 18.2 Å². The van der Waals surface area contributed by atoms with E-state index in [-0.39, 0.29) is 23.1 Å². The first-order valence-electron chi connectivity index (χ1n) is 10.3. The standard InChI is InChI=1S/C25H20ClN3O4S/c1-32-19-9-7-18(8-10-19)29-24(31)22(13-16-4-2-5-17(26)12-16)34-25(29)21(14-27)23(30)28-15-20-6-3-11-33-20/h2-12,22H,13,15H2,1H3,(H,28,30)/b25-21-. The number of rotatable bonds is 7. The molecule has 9 heteroatoms. The SMILES string of the molecule is COc1ccc(N2C(=O)C(Cc3cccc(Cl)c3)S/C2=C(/C#N)C(=O)NCc2ccco2)cc1. The lowest BCUT2D eigenvalue weighted by Gasteiger charge is -2.19. The van der Waals surface area contributed by atoms with Crippen LogP contribution in [0, 0.1) is 11.3 Å². The van der Waals surface area contributed by atoms with Crippen molar-refractivity contribution in [2.45, 2.75) is 18.2 Å². The van der Waals surface area contributed by atoms with Gasteiger partial charge >= 0.3 is 0 Å². The lowest BCUT2D eigenvalue weighted by atomic mass is 10.1. The number of furan rings is 1. The molecule has 172 valence electrons. The van der Waals surface area contributed by atoms with Gasteiger partial charge in [-0.15, -0.1) is 0 Å². The Morgan fingerprint density at radius 1 is 1.24 bits per heavy atom. The van der Waals surface area contributed by atoms with E-state index in [1.165, 1.54) is 22.9 Å². The molecule has 1 atom stereocenters. The van der Waals surface area contributed by atoms with Crippen LogP contribution in [0.5, 0.6) is 5.75 Å². The predicted octanol–water partition coefficient (Wildman–Crippen LogP) is 4.68. The Bertz CT molecular complexity index is 1270. The van der Waals surface area contributed by atoms with E-state index in [0.29, 0.717) is 28.6 Å². The summed E-state index contributed by atoms with van der Waals surface area (Å²) < 4.78 is 10.5. The first-order chi connectivity index (χ1) is 16.5. The van der Waals surface area contributed by atoms with Crippen molar-refractivity contribution in [2.75, 3.05) is 12.0 Å². The van der Waals surface area contributed by atoms with E-state index in [9.17, 15) is 14.9 Å². The Kier molecular flexibility index (Phi) is 7.26. The van der Waals surface area contributed by atoms with E-state index in [1.54, 1.807) is 55.6 Å². The highest BCUT2D eigenvalue weighted by Crippen LogP contribution is 2.42. The van der Waals surface area contributed by atoms with Crippen molar-refractivity contribution in [2.24, 2.45) is 0 Å². The van der Waals surface area contributed by atoms with E-state index in [4.69, 9.17) is 20.8 Å². The van der Waals surface area contributed by atoms with Crippen LogP contribution in [0.2, 0.25) is 5.02 Å². The first kappa shape index (κ1) is 23.5. The van der Waals surface area contributed by atoms with Gasteiger partial charge in [0.05, 0.1) is 25.2 Å². The summed E-state index contributed by atoms with van der Waals surface area (Å²) in [5.41, 5.74) is 1.28. The Labute approximate surface area is 205 Å². The van der Waals surface area contributed by atoms with Gasteiger partial charge in [-0.3, -0.25) is 14.5 Å². The maximum absolute atomic E-state index is 13.5. The zero-order chi connectivity index (χ0) is 24.1. The minimum atomic E-state index is -0.587. The number of amides is 2. The number of anilines is 1. The summed E-state index contributed by atoms with van der Waals surface area (Å²) in [6, 6.07) is 19.6. The number of carbonyl (C=O) groups excluding carboxylic acids is 2. The van der Waals surface area contributed by atoms with Crippen molar-refractivity contribution in [3.63, 3.8) is 0 Å². The van der Waals surface area contributed by atoms with Crippen molar-refractivity contribution >= 4 is 40.9 Å². The van der Waals surface area contributed by atoms with Crippen LogP contribution >= 0.6 is 23.4 Å². The zero-order valence-electron chi connectivity index (χ0n) is 18.2. The molecule has 0 bridgehead atoms. The molecular formula is C25H20ClN3O4S. The van der Waals surface area contributed by atoms with Crippen LogP contribution in [-0.4, -0.2) is 24.2 Å². The number of ether oxygens (including phenoxy) is 1. The van der Waals surface area contributed by atoms with Gasteiger partial charge in [-0.1, -0.05) is 35.5 Å². The van der Waals surface area contributed by atoms with Crippen molar-refractivity contribution < 1.29 is 18.7 Å². The molecule has 0 saturated carbocycles. The fourth-order valence-electron chi connectivity index (χ4n) is 3.50. The highest BCUT2D eigenvalue weighted by Gasteiger charge is 2.40. The molecule has 34 heavy (non-hydrogen) atoms. The Hall–Kier alpha value is -3.67. The molecule has 0 spiro atoms. The van der Waals surface area contributed by atoms with Crippen LogP contribution in [0.15, 0.2) is 81.9 Å². The molecule has 1 fully saturated rings. The third-order valence-electron chi connectivity index (χ3n) is 5.15. The molecule has 1 N–H and O–H groups in total. The number of carbonyl (C=O) groups is 2. The molecule has 4 rings (SSSR count). The number of thioether (sulfide) groups is 1. The van der Waals surface area contributed by atoms with E-state index in [2.05, 4.69) is 5.32 Å². The maximum Gasteiger partial charge on any atom is 0.265 e. The first-order valence-corrected chi connectivity index (χ1v) is 11.6. The monoisotopic (exact) mass is 493 g/mol. The number of hydrogen-bond acceptors (Lipinski definition) is 6. The van der Waals surface area contributed by atoms with Gasteiger partial charge in [-0.2, -0.15) is 5.26 Å². The quantitative estimate of drug-likeness (QED) is 0.379. The summed E-state index contributed by atoms with van der Waals surface area (Å²) in [5, 5.41) is 12.9. The fraction of sp³-hybridized carbons (Fsp3) is 0.160. The van der Waals surface area contributed by atoms with Crippen LogP contribution in [0.25, 0.3) is 0 Å². The van der Waals surface area contributed by atoms with Crippen LogP contribution in [0.3, 0.4) is 0 Å². The summed E-state index contributed by atoms with van der Waals surface area (Å²) in [6.45, 7) is 0.122. The average molecular weight is 494 g/mol. The summed E-state index contributed by atoms with van der Waals surface area (Å²) in [5.74, 6) is 0.366. The second-order valence-electron chi connectivity index (χ2n) is 7.37. The summed E-state index contributed by atoms with van der Waals surface area (Å²) >= 11 is 7.30. The molecule has 2 amide bonds. The van der Waals surface area contributed by atoms with Gasteiger partial charge in [-0.25, -0.2) is 0 Å². The summed E-state index contributed by atoms with van der Waals surface area (Å²) in [7, 11) is 1.55. The van der Waals surface area contributed by atoms with Gasteiger partial charge in [0.2, 0.25) is 5.91 Å². The van der Waals surface area contributed by atoms with E-state index < -0.39 is 11.2 Å². The Morgan fingerprint density at radius 2 is 2.03 bits per heavy atom. The molecule has 3 aromatic rings. The second-order valence-corrected chi connectivity index (χ2v) is 8.99. The highest BCUT2D eigenvalue weighted by atomic mass is 35.5. The smallest absolute Gasteiger partial charge is 0.265 e. The van der Waals surface area contributed by atoms with Crippen molar-refractivity contribution in [1.82, 2.24) is 5.32 Å². The molecule has 2 aromatic carbocycles. The third-order valence-corrected chi connectivity index (χ3v) is 6.65. The number of hydrogen-bond donors (Lipinski definition) is 1. The molecule has 1 saturated heterocycles. The van der Waals surface area contributed by atoms with Gasteiger partial charge in [0.25, 0.3) is 5.91 Å². The lowest BCUT2D eigenvalue weighted by Crippen LogP contribution is -2.32. The summed E-state index contributed by atoms with van der Waals surface area (Å²) in [4.78, 5) is 27.8. The average Bonchev–Trinajstić information content (AvgIpc) is 3.47. The maximum atomic E-state index is 13.5. The molecule has 0 radical (unpaired) electrons. The second kappa shape index (κ2) is 10.5. The third kappa shape index (κ3) is 5.11. The highest BCUT2D eigenvalue weighted by molar-refractivity contribution is 8.05. The summed E-state index contributed by atoms with van der Waals surface area (Å²) in [6.07, 6.45) is 1.90. The van der Waals surface area contributed by atoms with Crippen molar-refractivity contribution in [3.8, 4) is 11.8 Å². The van der Waals surface area contributed by atoms with Crippen molar-refractivity contribution in [1.29, 1.82) is 5.26 Å². The van der Waals surface area contributed by atoms with Gasteiger partial charge in [-0.05, 0) is 60.5 Å². The fourth-order valence-corrected chi connectivity index (χ4v) is 5.02. The van der Waals surface area contributed by atoms with E-state index in [0.717, 1.165) is 5.56 Å². The predicted molar refractivity (Wildman–Crippen MR) is 130 cm³/mol. The van der Waals surface area contributed by atoms with Crippen LogP contribution in [0.1, 0.15) is 11.3 Å². The topological polar surface area (TPSA) is 95.6 Å². The minimum absolute atomic E-state index is 0.122. The van der Waals surface area contributed by atoms with Crippen LogP contribution < -0.4 is 15.0 Å². The minimum Gasteiger partial charge on any atom is -0.497 e. The number of halogens is 1. The largest absolute Gasteiger partial charge is 0.497 e. The molecule has 7 nitrogen and oxygen atoms in total. The Balaban J connectivity index is 1.68. The molecule has 1 aliphatic rings. The van der Waals surface area contributed by atoms with Crippen LogP contribution in [0.4, 0.5) is 5.69 Å². The molecule has 1 aliphatic heterocycles. The molecule has 1 unspecified atom stereocenters. The number of nitrogens with one attached hydrogen (secondary N) is 1. The van der Waals surface area contributed by atoms with Gasteiger partial charge in [0, 0.05) is 10.7 Å². The van der Waals surface area contributed by atoms with E-state index >= 15 is 0 Å². The zero-order valence-corrected chi connectivity index (χ0v) is 19.7. The number of methoxy groups -OCH3 is 1.